The molecular weight excluding hydrogens is 434 g/mol. The number of aldehydes is 1. The van der Waals surface area contributed by atoms with Gasteiger partial charge in [-0.2, -0.15) is 0 Å². The number of hydrogen-bond acceptors (Lipinski definition) is 5. The second kappa shape index (κ2) is 7.82. The Morgan fingerprint density at radius 1 is 1.00 bits per heavy atom. The fraction of sp³-hybridized carbons (Fsp3) is 0.379. The van der Waals surface area contributed by atoms with Crippen molar-refractivity contribution in [1.29, 1.82) is 0 Å². The minimum absolute atomic E-state index is 0.139. The summed E-state index contributed by atoms with van der Waals surface area (Å²) in [6.45, 7) is 0. The maximum atomic E-state index is 12.0. The van der Waals surface area contributed by atoms with Gasteiger partial charge in [-0.3, -0.25) is 4.79 Å². The van der Waals surface area contributed by atoms with E-state index in [1.54, 1.807) is 0 Å². The highest BCUT2D eigenvalue weighted by atomic mass is 16.1. The van der Waals surface area contributed by atoms with Crippen molar-refractivity contribution in [2.75, 3.05) is 0 Å². The number of aryl methyl sites for hydroxylation is 1. The third-order valence-electron chi connectivity index (χ3n) is 8.29. The van der Waals surface area contributed by atoms with Crippen LogP contribution in [-0.4, -0.2) is 25.8 Å². The van der Waals surface area contributed by atoms with Crippen LogP contribution < -0.4 is 5.73 Å². The van der Waals surface area contributed by atoms with Crippen LogP contribution >= 0.6 is 0 Å². The number of aromatic nitrogens is 4. The van der Waals surface area contributed by atoms with Crippen molar-refractivity contribution in [1.82, 2.24) is 19.5 Å². The van der Waals surface area contributed by atoms with Crippen molar-refractivity contribution < 1.29 is 4.79 Å². The van der Waals surface area contributed by atoms with Crippen LogP contribution in [0.1, 0.15) is 90.0 Å². The summed E-state index contributed by atoms with van der Waals surface area (Å²) < 4.78 is 2.37. The highest BCUT2D eigenvalue weighted by molar-refractivity contribution is 5.84. The van der Waals surface area contributed by atoms with Crippen molar-refractivity contribution in [3.63, 3.8) is 0 Å². The molecule has 0 radical (unpaired) electrons. The molecule has 6 heteroatoms. The molecule has 0 bridgehead atoms. The summed E-state index contributed by atoms with van der Waals surface area (Å²) in [5, 5.41) is 0. The number of imidazole rings is 1. The normalized spacial score (nSPS) is 20.9. The van der Waals surface area contributed by atoms with Gasteiger partial charge in [-0.15, -0.1) is 0 Å². The molecule has 0 spiro atoms. The predicted molar refractivity (Wildman–Crippen MR) is 135 cm³/mol. The third kappa shape index (κ3) is 3.34. The molecule has 3 heterocycles. The molecule has 2 aromatic heterocycles. The van der Waals surface area contributed by atoms with E-state index in [9.17, 15) is 4.79 Å². The van der Waals surface area contributed by atoms with Crippen LogP contribution in [0.3, 0.4) is 0 Å². The molecular formula is C29H29N5O. The quantitative estimate of drug-likeness (QED) is 0.398. The molecule has 2 N–H and O–H groups in total. The van der Waals surface area contributed by atoms with Gasteiger partial charge in [0, 0.05) is 29.9 Å². The van der Waals surface area contributed by atoms with Crippen molar-refractivity contribution >= 4 is 17.3 Å². The summed E-state index contributed by atoms with van der Waals surface area (Å²) in [7, 11) is 0. The molecule has 0 saturated heterocycles. The first-order chi connectivity index (χ1) is 17.1. The van der Waals surface area contributed by atoms with Crippen LogP contribution in [0.4, 0.5) is 0 Å². The minimum atomic E-state index is -0.382. The lowest BCUT2D eigenvalue weighted by Crippen LogP contribution is -2.35. The average molecular weight is 464 g/mol. The lowest BCUT2D eigenvalue weighted by atomic mass is 9.91. The van der Waals surface area contributed by atoms with E-state index < -0.39 is 0 Å². The first-order valence-corrected chi connectivity index (χ1v) is 12.9. The average Bonchev–Trinajstić information content (AvgIpc) is 3.34. The molecule has 1 atom stereocenters. The van der Waals surface area contributed by atoms with Gasteiger partial charge >= 0.3 is 0 Å². The van der Waals surface area contributed by atoms with Crippen molar-refractivity contribution in [3.8, 4) is 11.1 Å². The molecule has 6 nitrogen and oxygen atoms in total. The summed E-state index contributed by atoms with van der Waals surface area (Å²) in [6, 6.07) is 12.7. The van der Waals surface area contributed by atoms with E-state index in [0.717, 1.165) is 84.2 Å². The lowest BCUT2D eigenvalue weighted by molar-refractivity contribution is 0.112. The second-order valence-electron chi connectivity index (χ2n) is 10.6. The Balaban J connectivity index is 1.31. The van der Waals surface area contributed by atoms with E-state index in [0.29, 0.717) is 5.92 Å². The molecule has 3 aliphatic rings. The fourth-order valence-corrected chi connectivity index (χ4v) is 6.32. The van der Waals surface area contributed by atoms with E-state index >= 15 is 0 Å². The highest BCUT2D eigenvalue weighted by Crippen LogP contribution is 2.47. The van der Waals surface area contributed by atoms with Crippen molar-refractivity contribution in [2.45, 2.75) is 68.9 Å². The number of carbonyl (C=O) groups is 1. The molecule has 0 amide bonds. The Hall–Kier alpha value is -3.38. The number of nitrogens with two attached hydrogens (primary N) is 1. The Labute approximate surface area is 204 Å². The summed E-state index contributed by atoms with van der Waals surface area (Å²) in [5.41, 5.74) is 13.7. The first-order valence-electron chi connectivity index (χ1n) is 12.9. The Bertz CT molecular complexity index is 1440. The summed E-state index contributed by atoms with van der Waals surface area (Å²) in [4.78, 5) is 26.3. The lowest BCUT2D eigenvalue weighted by Gasteiger charge is -2.21. The topological polar surface area (TPSA) is 86.7 Å². The number of nitrogens with zero attached hydrogens (tertiary/aromatic N) is 4. The zero-order valence-corrected chi connectivity index (χ0v) is 19.8. The third-order valence-corrected chi connectivity index (χ3v) is 8.29. The minimum Gasteiger partial charge on any atom is -0.320 e. The summed E-state index contributed by atoms with van der Waals surface area (Å²) in [6.07, 6.45) is 13.3. The molecule has 4 aromatic rings. The molecule has 2 fully saturated rings. The number of rotatable bonds is 5. The van der Waals surface area contributed by atoms with Crippen LogP contribution in [0.25, 0.3) is 22.2 Å². The van der Waals surface area contributed by atoms with Gasteiger partial charge in [0.15, 0.2) is 0 Å². The number of fused-ring (bicyclic) bond motifs is 3. The molecule has 2 aliphatic carbocycles. The van der Waals surface area contributed by atoms with Gasteiger partial charge in [0.25, 0.3) is 0 Å². The van der Waals surface area contributed by atoms with Crippen LogP contribution in [0.5, 0.6) is 0 Å². The zero-order chi connectivity index (χ0) is 23.6. The Morgan fingerprint density at radius 2 is 1.80 bits per heavy atom. The van der Waals surface area contributed by atoms with Gasteiger partial charge in [-0.1, -0.05) is 37.1 Å². The molecule has 7 rings (SSSR count). The van der Waals surface area contributed by atoms with Gasteiger partial charge < -0.3 is 10.3 Å². The first kappa shape index (κ1) is 20.9. The number of benzene rings is 2. The zero-order valence-electron chi connectivity index (χ0n) is 19.8. The second-order valence-corrected chi connectivity index (χ2v) is 10.6. The number of hydrogen-bond donors (Lipinski definition) is 1. The monoisotopic (exact) mass is 463 g/mol. The molecule has 2 aromatic carbocycles. The van der Waals surface area contributed by atoms with Crippen molar-refractivity contribution in [3.05, 3.63) is 77.1 Å². The van der Waals surface area contributed by atoms with E-state index in [2.05, 4.69) is 38.8 Å². The van der Waals surface area contributed by atoms with Gasteiger partial charge in [-0.05, 0) is 66.8 Å². The maximum Gasteiger partial charge on any atom is 0.150 e. The SMILES string of the molecule is NC1(c2ncc(-c3ccc4nc5n(c4c3)[C@@H](c3c(C=O)cccc3C3CC3)CC5)cn2)CCCC1. The van der Waals surface area contributed by atoms with Crippen LogP contribution in [0.15, 0.2) is 48.8 Å². The smallest absolute Gasteiger partial charge is 0.150 e. The molecule has 0 unspecified atom stereocenters. The van der Waals surface area contributed by atoms with E-state index in [-0.39, 0.29) is 11.6 Å². The van der Waals surface area contributed by atoms with E-state index in [1.807, 2.05) is 24.5 Å². The van der Waals surface area contributed by atoms with Crippen LogP contribution in [-0.2, 0) is 12.0 Å². The number of carbonyl (C=O) groups excluding carboxylic acids is 1. The summed E-state index contributed by atoms with van der Waals surface area (Å²) >= 11 is 0. The predicted octanol–water partition coefficient (Wildman–Crippen LogP) is 5.45. The van der Waals surface area contributed by atoms with Gasteiger partial charge in [0.2, 0.25) is 0 Å². The largest absolute Gasteiger partial charge is 0.320 e. The van der Waals surface area contributed by atoms with Gasteiger partial charge in [-0.25, -0.2) is 15.0 Å². The molecule has 2 saturated carbocycles. The van der Waals surface area contributed by atoms with Crippen LogP contribution in [0.2, 0.25) is 0 Å². The fourth-order valence-electron chi connectivity index (χ4n) is 6.32. The maximum absolute atomic E-state index is 12.0. The standard InChI is InChI=1S/C29H29N5O/c30-29(12-1-2-13-29)28-31-15-21(16-32-28)19-8-9-23-25(14-19)34-24(10-11-26(34)33-23)27-20(17-35)4-3-5-22(27)18-6-7-18/h3-5,8-9,14-18,24H,1-2,6-7,10-13,30H2/t24-/m1/s1. The van der Waals surface area contributed by atoms with Crippen LogP contribution in [0, 0.1) is 0 Å². The van der Waals surface area contributed by atoms with Gasteiger partial charge in [0.1, 0.15) is 17.9 Å². The molecule has 35 heavy (non-hydrogen) atoms. The Kier molecular flexibility index (Phi) is 4.68. The molecule has 1 aliphatic heterocycles. The van der Waals surface area contributed by atoms with Gasteiger partial charge in [0.05, 0.1) is 22.6 Å². The molecule has 176 valence electrons. The van der Waals surface area contributed by atoms with Crippen molar-refractivity contribution in [2.24, 2.45) is 5.73 Å². The highest BCUT2D eigenvalue weighted by Gasteiger charge is 2.35. The van der Waals surface area contributed by atoms with E-state index in [4.69, 9.17) is 10.7 Å². The summed E-state index contributed by atoms with van der Waals surface area (Å²) in [5.74, 6) is 2.44. The Morgan fingerprint density at radius 3 is 2.54 bits per heavy atom. The van der Waals surface area contributed by atoms with E-state index in [1.165, 1.54) is 24.0 Å².